The van der Waals surface area contributed by atoms with Crippen LogP contribution in [0.15, 0.2) is 41.6 Å². The van der Waals surface area contributed by atoms with E-state index in [0.717, 1.165) is 42.8 Å². The molecule has 0 spiro atoms. The van der Waals surface area contributed by atoms with Crippen LogP contribution in [-0.4, -0.2) is 46.4 Å². The highest BCUT2D eigenvalue weighted by Crippen LogP contribution is 2.35. The van der Waals surface area contributed by atoms with E-state index in [-0.39, 0.29) is 12.3 Å². The Balaban J connectivity index is 1.91. The Labute approximate surface area is 142 Å². The lowest BCUT2D eigenvalue weighted by atomic mass is 9.85. The van der Waals surface area contributed by atoms with Gasteiger partial charge in [0.25, 0.3) is 0 Å². The molecule has 3 rings (SSSR count). The number of carboxylic acid groups (broad SMARTS) is 1. The van der Waals surface area contributed by atoms with Crippen molar-refractivity contribution in [3.63, 3.8) is 0 Å². The second-order valence-electron chi connectivity index (χ2n) is 6.56. The molecule has 1 N–H and O–H groups in total. The van der Waals surface area contributed by atoms with Gasteiger partial charge >= 0.3 is 5.97 Å². The maximum Gasteiger partial charge on any atom is 0.311 e. The first-order valence-electron chi connectivity index (χ1n) is 8.61. The van der Waals surface area contributed by atoms with Gasteiger partial charge in [-0.1, -0.05) is 37.3 Å². The van der Waals surface area contributed by atoms with E-state index in [1.165, 1.54) is 0 Å². The first kappa shape index (κ1) is 16.7. The molecule has 0 fully saturated rings. The molecule has 0 saturated heterocycles. The summed E-state index contributed by atoms with van der Waals surface area (Å²) in [7, 11) is 0. The van der Waals surface area contributed by atoms with Gasteiger partial charge < -0.3 is 10.0 Å². The number of carbonyl (C=O) groups excluding carboxylic acids is 1. The summed E-state index contributed by atoms with van der Waals surface area (Å²) in [5.41, 5.74) is 2.94. The fraction of sp³-hybridized carbons (Fsp3) is 0.474. The van der Waals surface area contributed by atoms with Crippen LogP contribution in [-0.2, 0) is 16.1 Å². The highest BCUT2D eigenvalue weighted by molar-refractivity contribution is 5.88. The number of hydrogen-bond acceptors (Lipinski definition) is 3. The van der Waals surface area contributed by atoms with E-state index in [0.29, 0.717) is 13.1 Å². The van der Waals surface area contributed by atoms with Gasteiger partial charge in [-0.2, -0.15) is 0 Å². The number of aliphatic carboxylic acids is 1. The van der Waals surface area contributed by atoms with Crippen LogP contribution in [0.2, 0.25) is 0 Å². The minimum absolute atomic E-state index is 0.0704. The molecule has 2 aliphatic heterocycles. The maximum atomic E-state index is 12.6. The zero-order chi connectivity index (χ0) is 17.1. The van der Waals surface area contributed by atoms with Gasteiger partial charge in [0, 0.05) is 31.6 Å². The van der Waals surface area contributed by atoms with Gasteiger partial charge in [-0.3, -0.25) is 14.5 Å². The summed E-state index contributed by atoms with van der Waals surface area (Å²) < 4.78 is 0. The van der Waals surface area contributed by atoms with Crippen molar-refractivity contribution in [2.24, 2.45) is 5.92 Å². The van der Waals surface area contributed by atoms with Crippen molar-refractivity contribution < 1.29 is 14.7 Å². The van der Waals surface area contributed by atoms with Gasteiger partial charge in [0.05, 0.1) is 12.5 Å². The molecule has 24 heavy (non-hydrogen) atoms. The molecule has 0 aliphatic carbocycles. The molecule has 2 aliphatic rings. The molecule has 0 saturated carbocycles. The molecule has 1 aromatic rings. The van der Waals surface area contributed by atoms with E-state index >= 15 is 0 Å². The van der Waals surface area contributed by atoms with Crippen LogP contribution >= 0.6 is 0 Å². The van der Waals surface area contributed by atoms with E-state index in [1.54, 1.807) is 0 Å². The number of carbonyl (C=O) groups is 2. The van der Waals surface area contributed by atoms with Crippen LogP contribution in [0.25, 0.3) is 0 Å². The normalized spacial score (nSPS) is 21.8. The first-order chi connectivity index (χ1) is 11.6. The van der Waals surface area contributed by atoms with Crippen LogP contribution < -0.4 is 0 Å². The van der Waals surface area contributed by atoms with Crippen molar-refractivity contribution in [3.05, 3.63) is 47.2 Å². The predicted molar refractivity (Wildman–Crippen MR) is 91.1 cm³/mol. The fourth-order valence-electron chi connectivity index (χ4n) is 3.71. The molecule has 0 bridgehead atoms. The van der Waals surface area contributed by atoms with E-state index in [4.69, 9.17) is 0 Å². The third-order valence-electron chi connectivity index (χ3n) is 4.88. The van der Waals surface area contributed by atoms with E-state index in [2.05, 4.69) is 11.8 Å². The molecule has 0 radical (unpaired) electrons. The first-order valence-corrected chi connectivity index (χ1v) is 8.61. The van der Waals surface area contributed by atoms with Crippen LogP contribution in [0, 0.1) is 5.92 Å². The Morgan fingerprint density at radius 2 is 2.04 bits per heavy atom. The van der Waals surface area contributed by atoms with Gasteiger partial charge in [-0.15, -0.1) is 0 Å². The second kappa shape index (κ2) is 7.18. The van der Waals surface area contributed by atoms with E-state index in [9.17, 15) is 14.7 Å². The lowest BCUT2D eigenvalue weighted by Crippen LogP contribution is -2.46. The highest BCUT2D eigenvalue weighted by atomic mass is 16.4. The molecule has 5 heteroatoms. The number of rotatable bonds is 5. The maximum absolute atomic E-state index is 12.6. The van der Waals surface area contributed by atoms with E-state index in [1.807, 2.05) is 35.2 Å². The number of benzene rings is 1. The smallest absolute Gasteiger partial charge is 0.311 e. The van der Waals surface area contributed by atoms with Gasteiger partial charge in [-0.25, -0.2) is 0 Å². The monoisotopic (exact) mass is 328 g/mol. The van der Waals surface area contributed by atoms with Crippen LogP contribution in [0.5, 0.6) is 0 Å². The summed E-state index contributed by atoms with van der Waals surface area (Å²) in [5.74, 6) is -1.62. The lowest BCUT2D eigenvalue weighted by Gasteiger charge is -2.41. The number of nitrogens with zero attached hydrogens (tertiary/aromatic N) is 2. The van der Waals surface area contributed by atoms with Gasteiger partial charge in [0.1, 0.15) is 0 Å². The van der Waals surface area contributed by atoms with Crippen molar-refractivity contribution in [1.82, 2.24) is 9.80 Å². The third-order valence-corrected chi connectivity index (χ3v) is 4.88. The summed E-state index contributed by atoms with van der Waals surface area (Å²) in [6, 6.07) is 9.88. The summed E-state index contributed by atoms with van der Waals surface area (Å²) in [6.45, 7) is 5.18. The number of amides is 1. The standard InChI is InChI=1S/C19H24N2O3/c1-2-9-20-10-8-17-16(13-20)15(19(23)24)11-18(22)21(17)12-14-6-4-3-5-7-14/h3-7,15H,2,8-13H2,1H3,(H,23,24). The van der Waals surface area contributed by atoms with Crippen molar-refractivity contribution in [2.45, 2.75) is 32.7 Å². The van der Waals surface area contributed by atoms with E-state index < -0.39 is 11.9 Å². The Bertz CT molecular complexity index is 654. The minimum Gasteiger partial charge on any atom is -0.481 e. The summed E-state index contributed by atoms with van der Waals surface area (Å²) >= 11 is 0. The Hall–Kier alpha value is -2.14. The highest BCUT2D eigenvalue weighted by Gasteiger charge is 2.39. The van der Waals surface area contributed by atoms with Crippen molar-refractivity contribution in [3.8, 4) is 0 Å². The summed E-state index contributed by atoms with van der Waals surface area (Å²) in [4.78, 5) is 28.4. The number of carboxylic acids is 1. The van der Waals surface area contributed by atoms with Crippen molar-refractivity contribution in [2.75, 3.05) is 19.6 Å². The molecule has 1 amide bonds. The summed E-state index contributed by atoms with van der Waals surface area (Å²) in [6.07, 6.45) is 1.87. The average Bonchev–Trinajstić information content (AvgIpc) is 2.58. The van der Waals surface area contributed by atoms with Crippen molar-refractivity contribution >= 4 is 11.9 Å². The zero-order valence-corrected chi connectivity index (χ0v) is 14.1. The molecule has 1 atom stereocenters. The topological polar surface area (TPSA) is 60.9 Å². The zero-order valence-electron chi connectivity index (χ0n) is 14.1. The fourth-order valence-corrected chi connectivity index (χ4v) is 3.71. The molecule has 128 valence electrons. The third kappa shape index (κ3) is 3.36. The van der Waals surface area contributed by atoms with Gasteiger partial charge in [0.15, 0.2) is 0 Å². The quantitative estimate of drug-likeness (QED) is 0.902. The molecule has 1 unspecified atom stereocenters. The molecule has 2 heterocycles. The molecular weight excluding hydrogens is 304 g/mol. The lowest BCUT2D eigenvalue weighted by molar-refractivity contribution is -0.146. The van der Waals surface area contributed by atoms with Crippen LogP contribution in [0.1, 0.15) is 31.7 Å². The molecule has 1 aromatic carbocycles. The second-order valence-corrected chi connectivity index (χ2v) is 6.56. The van der Waals surface area contributed by atoms with Gasteiger partial charge in [-0.05, 0) is 24.1 Å². The van der Waals surface area contributed by atoms with Crippen LogP contribution in [0.4, 0.5) is 0 Å². The van der Waals surface area contributed by atoms with Crippen molar-refractivity contribution in [1.29, 1.82) is 0 Å². The molecular formula is C19H24N2O3. The van der Waals surface area contributed by atoms with Crippen LogP contribution in [0.3, 0.4) is 0 Å². The summed E-state index contributed by atoms with van der Waals surface area (Å²) in [5, 5.41) is 9.56. The predicted octanol–water partition coefficient (Wildman–Crippen LogP) is 2.49. The Morgan fingerprint density at radius 3 is 2.71 bits per heavy atom. The SMILES string of the molecule is CCCN1CCC2=C(C1)C(C(=O)O)CC(=O)N2Cc1ccccc1. The number of hydrogen-bond donors (Lipinski definition) is 1. The Kier molecular flexibility index (Phi) is 5.00. The minimum atomic E-state index is -0.881. The van der Waals surface area contributed by atoms with Gasteiger partial charge in [0.2, 0.25) is 5.91 Å². The Morgan fingerprint density at radius 1 is 1.29 bits per heavy atom. The largest absolute Gasteiger partial charge is 0.481 e. The molecule has 5 nitrogen and oxygen atoms in total. The average molecular weight is 328 g/mol. The molecule has 0 aromatic heterocycles.